The highest BCUT2D eigenvalue weighted by molar-refractivity contribution is 8.00. The van der Waals surface area contributed by atoms with Crippen LogP contribution in [0.3, 0.4) is 0 Å². The minimum absolute atomic E-state index is 0.0294. The smallest absolute Gasteiger partial charge is 0.240 e. The van der Waals surface area contributed by atoms with Crippen molar-refractivity contribution < 1.29 is 13.9 Å². The van der Waals surface area contributed by atoms with Gasteiger partial charge >= 0.3 is 0 Å². The lowest BCUT2D eigenvalue weighted by molar-refractivity contribution is -0.117. The second kappa shape index (κ2) is 9.69. The maximum Gasteiger partial charge on any atom is 0.240 e. The van der Waals surface area contributed by atoms with Crippen molar-refractivity contribution in [3.8, 4) is 11.4 Å². The molecule has 5 rings (SSSR count). The van der Waals surface area contributed by atoms with Gasteiger partial charge in [-0.3, -0.25) is 9.36 Å². The first kappa shape index (κ1) is 22.2. The molecule has 1 aliphatic rings. The highest BCUT2D eigenvalue weighted by atomic mass is 32.2. The summed E-state index contributed by atoms with van der Waals surface area (Å²) in [5.41, 5.74) is 3.00. The summed E-state index contributed by atoms with van der Waals surface area (Å²) in [6, 6.07) is 23.9. The van der Waals surface area contributed by atoms with E-state index in [2.05, 4.69) is 16.3 Å². The van der Waals surface area contributed by atoms with Crippen LogP contribution in [0.2, 0.25) is 0 Å². The molecule has 0 bridgehead atoms. The van der Waals surface area contributed by atoms with E-state index in [1.54, 1.807) is 18.2 Å². The number of halogens is 1. The van der Waals surface area contributed by atoms with Crippen molar-refractivity contribution in [2.45, 2.75) is 30.4 Å². The Morgan fingerprint density at radius 1 is 1.03 bits per heavy atom. The van der Waals surface area contributed by atoms with Crippen LogP contribution in [0.1, 0.15) is 18.3 Å². The minimum atomic E-state index is -0.437. The number of hydrogen-bond acceptors (Lipinski definition) is 5. The van der Waals surface area contributed by atoms with Gasteiger partial charge in [-0.2, -0.15) is 0 Å². The lowest BCUT2D eigenvalue weighted by atomic mass is 10.2. The molecule has 172 valence electrons. The number of fused-ring (bicyclic) bond motifs is 1. The average molecular weight is 475 g/mol. The molecule has 8 heteroatoms. The van der Waals surface area contributed by atoms with E-state index in [-0.39, 0.29) is 23.5 Å². The van der Waals surface area contributed by atoms with Crippen LogP contribution in [-0.4, -0.2) is 32.5 Å². The Bertz CT molecular complexity index is 1310. The van der Waals surface area contributed by atoms with Gasteiger partial charge in [0.15, 0.2) is 22.5 Å². The first-order valence-electron chi connectivity index (χ1n) is 11.0. The van der Waals surface area contributed by atoms with E-state index in [0.717, 1.165) is 17.8 Å². The Labute approximate surface area is 201 Å². The van der Waals surface area contributed by atoms with Crippen molar-refractivity contribution in [1.29, 1.82) is 0 Å². The standard InChI is InChI=1S/C26H23FN4O2S/c1-18(25(32)30-16-15-19-9-5-7-13-22(19)30)34-26-29-28-24(31(26)20-10-3-2-4-11-20)17-33-23-14-8-6-12-21(23)27/h2-14,18H,15-17H2,1H3. The van der Waals surface area contributed by atoms with E-state index in [9.17, 15) is 9.18 Å². The van der Waals surface area contributed by atoms with Gasteiger partial charge in [0.05, 0.1) is 5.25 Å². The van der Waals surface area contributed by atoms with Crippen LogP contribution in [0.4, 0.5) is 10.1 Å². The Morgan fingerprint density at radius 2 is 1.76 bits per heavy atom. The molecule has 0 fully saturated rings. The maximum atomic E-state index is 14.0. The highest BCUT2D eigenvalue weighted by Gasteiger charge is 2.30. The number of thioether (sulfide) groups is 1. The van der Waals surface area contributed by atoms with Gasteiger partial charge in [-0.1, -0.05) is 60.3 Å². The molecule has 1 aromatic heterocycles. The summed E-state index contributed by atoms with van der Waals surface area (Å²) in [6.07, 6.45) is 0.858. The molecule has 0 aliphatic carbocycles. The van der Waals surface area contributed by atoms with Crippen LogP contribution in [0.25, 0.3) is 5.69 Å². The summed E-state index contributed by atoms with van der Waals surface area (Å²) in [7, 11) is 0. The Hall–Kier alpha value is -3.65. The molecule has 1 atom stereocenters. The number of para-hydroxylation sites is 3. The molecule has 0 saturated heterocycles. The molecule has 0 spiro atoms. The second-order valence-electron chi connectivity index (χ2n) is 7.92. The molecule has 0 saturated carbocycles. The summed E-state index contributed by atoms with van der Waals surface area (Å²) in [4.78, 5) is 15.1. The number of rotatable bonds is 7. The lowest BCUT2D eigenvalue weighted by Crippen LogP contribution is -2.35. The Kier molecular flexibility index (Phi) is 6.31. The van der Waals surface area contributed by atoms with Crippen molar-refractivity contribution in [2.24, 2.45) is 0 Å². The van der Waals surface area contributed by atoms with E-state index in [1.165, 1.54) is 23.4 Å². The SMILES string of the molecule is CC(Sc1nnc(COc2ccccc2F)n1-c1ccccc1)C(=O)N1CCc2ccccc21. The average Bonchev–Trinajstić information content (AvgIpc) is 3.48. The number of anilines is 1. The summed E-state index contributed by atoms with van der Waals surface area (Å²) < 4.78 is 21.6. The predicted molar refractivity (Wildman–Crippen MR) is 130 cm³/mol. The zero-order valence-electron chi connectivity index (χ0n) is 18.6. The second-order valence-corrected chi connectivity index (χ2v) is 9.23. The lowest BCUT2D eigenvalue weighted by Gasteiger charge is -2.21. The first-order chi connectivity index (χ1) is 16.6. The van der Waals surface area contributed by atoms with Crippen molar-refractivity contribution in [3.63, 3.8) is 0 Å². The van der Waals surface area contributed by atoms with Crippen molar-refractivity contribution >= 4 is 23.4 Å². The zero-order chi connectivity index (χ0) is 23.5. The topological polar surface area (TPSA) is 60.3 Å². The van der Waals surface area contributed by atoms with Crippen LogP contribution in [0.15, 0.2) is 84.0 Å². The van der Waals surface area contributed by atoms with Crippen LogP contribution in [-0.2, 0) is 17.8 Å². The van der Waals surface area contributed by atoms with Crippen LogP contribution in [0.5, 0.6) is 5.75 Å². The van der Waals surface area contributed by atoms with Gasteiger partial charge in [0, 0.05) is 17.9 Å². The van der Waals surface area contributed by atoms with Gasteiger partial charge < -0.3 is 9.64 Å². The number of carbonyl (C=O) groups is 1. The monoisotopic (exact) mass is 474 g/mol. The van der Waals surface area contributed by atoms with E-state index in [4.69, 9.17) is 4.74 Å². The summed E-state index contributed by atoms with van der Waals surface area (Å²) in [5, 5.41) is 8.85. The van der Waals surface area contributed by atoms with Gasteiger partial charge in [0.25, 0.3) is 0 Å². The minimum Gasteiger partial charge on any atom is -0.483 e. The fraction of sp³-hybridized carbons (Fsp3) is 0.192. The highest BCUT2D eigenvalue weighted by Crippen LogP contribution is 2.32. The molecule has 0 N–H and O–H groups in total. The summed E-state index contributed by atoms with van der Waals surface area (Å²) in [5.74, 6) is 0.258. The molecular weight excluding hydrogens is 451 g/mol. The zero-order valence-corrected chi connectivity index (χ0v) is 19.4. The summed E-state index contributed by atoms with van der Waals surface area (Å²) in [6.45, 7) is 2.59. The normalized spacial score (nSPS) is 13.5. The van der Waals surface area contributed by atoms with Gasteiger partial charge in [-0.05, 0) is 49.2 Å². The van der Waals surface area contributed by atoms with E-state index < -0.39 is 5.82 Å². The van der Waals surface area contributed by atoms with Gasteiger partial charge in [-0.25, -0.2) is 4.39 Å². The molecule has 1 amide bonds. The third-order valence-corrected chi connectivity index (χ3v) is 6.72. The quantitative estimate of drug-likeness (QED) is 0.351. The van der Waals surface area contributed by atoms with Gasteiger partial charge in [0.2, 0.25) is 5.91 Å². The molecule has 1 aliphatic heterocycles. The number of ether oxygens (including phenoxy) is 1. The predicted octanol–water partition coefficient (Wildman–Crippen LogP) is 5.06. The molecule has 34 heavy (non-hydrogen) atoms. The third kappa shape index (κ3) is 4.41. The van der Waals surface area contributed by atoms with Gasteiger partial charge in [-0.15, -0.1) is 10.2 Å². The number of benzene rings is 3. The van der Waals surface area contributed by atoms with Crippen LogP contribution >= 0.6 is 11.8 Å². The van der Waals surface area contributed by atoms with E-state index in [1.807, 2.05) is 64.9 Å². The Balaban J connectivity index is 1.39. The molecular formula is C26H23FN4O2S. The number of aromatic nitrogens is 3. The summed E-state index contributed by atoms with van der Waals surface area (Å²) >= 11 is 1.35. The van der Waals surface area contributed by atoms with Gasteiger partial charge in [0.1, 0.15) is 6.61 Å². The van der Waals surface area contributed by atoms with Crippen molar-refractivity contribution in [1.82, 2.24) is 14.8 Å². The van der Waals surface area contributed by atoms with Crippen molar-refractivity contribution in [3.05, 3.63) is 96.1 Å². The number of carbonyl (C=O) groups excluding carboxylic acids is 1. The van der Waals surface area contributed by atoms with Crippen LogP contribution in [0, 0.1) is 5.82 Å². The third-order valence-electron chi connectivity index (χ3n) is 5.69. The fourth-order valence-electron chi connectivity index (χ4n) is 4.01. The molecule has 0 radical (unpaired) electrons. The molecule has 3 aromatic carbocycles. The first-order valence-corrected chi connectivity index (χ1v) is 11.9. The number of amides is 1. The van der Waals surface area contributed by atoms with Crippen LogP contribution < -0.4 is 9.64 Å². The van der Waals surface area contributed by atoms with Crippen molar-refractivity contribution in [2.75, 3.05) is 11.4 Å². The number of hydrogen-bond donors (Lipinski definition) is 0. The molecule has 1 unspecified atom stereocenters. The molecule has 2 heterocycles. The number of nitrogens with zero attached hydrogens (tertiary/aromatic N) is 4. The molecule has 6 nitrogen and oxygen atoms in total. The Morgan fingerprint density at radius 3 is 2.59 bits per heavy atom. The fourth-order valence-corrected chi connectivity index (χ4v) is 4.95. The van der Waals surface area contributed by atoms with E-state index >= 15 is 0 Å². The largest absolute Gasteiger partial charge is 0.483 e. The maximum absolute atomic E-state index is 14.0. The molecule has 4 aromatic rings. The van der Waals surface area contributed by atoms with E-state index in [0.29, 0.717) is 17.5 Å².